The first kappa shape index (κ1) is 10.8. The molecule has 3 atom stereocenters. The minimum absolute atomic E-state index is 0.119. The molecule has 1 N–H and O–H groups in total. The molecular weight excluding hydrogens is 216 g/mol. The molecular formula is C12H18N4O. The van der Waals surface area contributed by atoms with E-state index in [0.29, 0.717) is 23.7 Å². The van der Waals surface area contributed by atoms with E-state index in [-0.39, 0.29) is 5.91 Å². The molecule has 5 nitrogen and oxygen atoms in total. The molecule has 0 aromatic carbocycles. The van der Waals surface area contributed by atoms with Crippen molar-refractivity contribution in [2.24, 2.45) is 13.0 Å². The molecule has 2 fully saturated rings. The topological polar surface area (TPSA) is 50.2 Å². The van der Waals surface area contributed by atoms with Crippen molar-refractivity contribution in [2.75, 3.05) is 13.1 Å². The van der Waals surface area contributed by atoms with E-state index in [4.69, 9.17) is 0 Å². The van der Waals surface area contributed by atoms with Crippen molar-refractivity contribution in [3.8, 4) is 0 Å². The van der Waals surface area contributed by atoms with Gasteiger partial charge >= 0.3 is 0 Å². The number of aromatic nitrogens is 2. The highest BCUT2D eigenvalue weighted by atomic mass is 16.2. The molecule has 92 valence electrons. The lowest BCUT2D eigenvalue weighted by Gasteiger charge is -2.27. The Hall–Kier alpha value is -1.36. The van der Waals surface area contributed by atoms with Crippen LogP contribution in [0.2, 0.25) is 0 Å². The van der Waals surface area contributed by atoms with Crippen LogP contribution in [-0.2, 0) is 7.05 Å². The predicted octanol–water partition coefficient (Wildman–Crippen LogP) is 0.242. The Morgan fingerprint density at radius 2 is 2.35 bits per heavy atom. The third-order valence-electron chi connectivity index (χ3n) is 4.05. The van der Waals surface area contributed by atoms with Crippen molar-refractivity contribution in [2.45, 2.75) is 25.4 Å². The van der Waals surface area contributed by atoms with Crippen LogP contribution in [0.3, 0.4) is 0 Å². The Balaban J connectivity index is 1.88. The van der Waals surface area contributed by atoms with Gasteiger partial charge in [0.25, 0.3) is 5.91 Å². The summed E-state index contributed by atoms with van der Waals surface area (Å²) in [6.45, 7) is 4.12. The predicted molar refractivity (Wildman–Crippen MR) is 63.6 cm³/mol. The number of nitrogens with one attached hydrogen (secondary N) is 1. The molecule has 2 saturated heterocycles. The summed E-state index contributed by atoms with van der Waals surface area (Å²) in [7, 11) is 1.87. The normalized spacial score (nSPS) is 31.9. The molecule has 3 heterocycles. The maximum absolute atomic E-state index is 12.5. The Morgan fingerprint density at radius 3 is 3.06 bits per heavy atom. The van der Waals surface area contributed by atoms with Crippen LogP contribution in [0.4, 0.5) is 0 Å². The summed E-state index contributed by atoms with van der Waals surface area (Å²) < 4.78 is 1.80. The first-order valence-electron chi connectivity index (χ1n) is 6.18. The van der Waals surface area contributed by atoms with Crippen molar-refractivity contribution in [1.82, 2.24) is 19.8 Å². The van der Waals surface area contributed by atoms with E-state index >= 15 is 0 Å². The highest BCUT2D eigenvalue weighted by Gasteiger charge is 2.44. The number of rotatable bonds is 1. The molecule has 0 aliphatic carbocycles. The summed E-state index contributed by atoms with van der Waals surface area (Å²) in [5.74, 6) is 0.746. The number of imidazole rings is 1. The van der Waals surface area contributed by atoms with Gasteiger partial charge in [-0.15, -0.1) is 0 Å². The van der Waals surface area contributed by atoms with Crippen LogP contribution >= 0.6 is 0 Å². The van der Waals surface area contributed by atoms with Gasteiger partial charge < -0.3 is 14.8 Å². The van der Waals surface area contributed by atoms with Gasteiger partial charge in [0.05, 0.1) is 12.5 Å². The zero-order valence-electron chi connectivity index (χ0n) is 10.3. The van der Waals surface area contributed by atoms with Gasteiger partial charge in [-0.25, -0.2) is 4.98 Å². The number of nitrogens with zero attached hydrogens (tertiary/aromatic N) is 3. The zero-order valence-corrected chi connectivity index (χ0v) is 10.3. The highest BCUT2D eigenvalue weighted by molar-refractivity contribution is 5.93. The summed E-state index contributed by atoms with van der Waals surface area (Å²) in [4.78, 5) is 18.6. The SMILES string of the molecule is CC1CC2CNCC2N1C(=O)c1cncn1C. The smallest absolute Gasteiger partial charge is 0.272 e. The zero-order chi connectivity index (χ0) is 12.0. The van der Waals surface area contributed by atoms with Crippen molar-refractivity contribution in [1.29, 1.82) is 0 Å². The summed E-state index contributed by atoms with van der Waals surface area (Å²) in [6.07, 6.45) is 4.45. The maximum atomic E-state index is 12.5. The Kier molecular flexibility index (Phi) is 2.43. The molecule has 0 saturated carbocycles. The molecule has 3 unspecified atom stereocenters. The van der Waals surface area contributed by atoms with E-state index < -0.39 is 0 Å². The Bertz CT molecular complexity index is 441. The lowest BCUT2D eigenvalue weighted by Crippen LogP contribution is -2.43. The number of hydrogen-bond donors (Lipinski definition) is 1. The van der Waals surface area contributed by atoms with Crippen LogP contribution in [0.25, 0.3) is 0 Å². The molecule has 0 spiro atoms. The van der Waals surface area contributed by atoms with Gasteiger partial charge in [0, 0.05) is 32.2 Å². The number of hydrogen-bond acceptors (Lipinski definition) is 3. The van der Waals surface area contributed by atoms with Gasteiger partial charge in [-0.2, -0.15) is 0 Å². The molecule has 5 heteroatoms. The van der Waals surface area contributed by atoms with Gasteiger partial charge in [0.2, 0.25) is 0 Å². The second-order valence-electron chi connectivity index (χ2n) is 5.17. The molecule has 17 heavy (non-hydrogen) atoms. The molecule has 1 aromatic rings. The Labute approximate surface area is 101 Å². The van der Waals surface area contributed by atoms with Crippen LogP contribution < -0.4 is 5.32 Å². The van der Waals surface area contributed by atoms with E-state index in [1.165, 1.54) is 0 Å². The Morgan fingerprint density at radius 1 is 1.53 bits per heavy atom. The van der Waals surface area contributed by atoms with Crippen LogP contribution in [0.5, 0.6) is 0 Å². The number of likely N-dealkylation sites (tertiary alicyclic amines) is 1. The van der Waals surface area contributed by atoms with Crippen molar-refractivity contribution < 1.29 is 4.79 Å². The second kappa shape index (κ2) is 3.84. The average Bonchev–Trinajstić information content (AvgIpc) is 2.92. The third-order valence-corrected chi connectivity index (χ3v) is 4.05. The largest absolute Gasteiger partial charge is 0.330 e. The number of fused-ring (bicyclic) bond motifs is 1. The van der Waals surface area contributed by atoms with Gasteiger partial charge in [0.1, 0.15) is 5.69 Å². The van der Waals surface area contributed by atoms with Crippen LogP contribution in [-0.4, -0.2) is 45.5 Å². The summed E-state index contributed by atoms with van der Waals surface area (Å²) in [5.41, 5.74) is 0.685. The summed E-state index contributed by atoms with van der Waals surface area (Å²) in [6, 6.07) is 0.710. The minimum Gasteiger partial charge on any atom is -0.330 e. The van der Waals surface area contributed by atoms with Crippen molar-refractivity contribution in [3.05, 3.63) is 18.2 Å². The molecule has 3 rings (SSSR count). The third kappa shape index (κ3) is 1.57. The molecule has 1 amide bonds. The quantitative estimate of drug-likeness (QED) is 0.757. The fraction of sp³-hybridized carbons (Fsp3) is 0.667. The molecule has 2 aliphatic heterocycles. The average molecular weight is 234 g/mol. The fourth-order valence-electron chi connectivity index (χ4n) is 3.21. The van der Waals surface area contributed by atoms with Gasteiger partial charge in [-0.05, 0) is 19.3 Å². The van der Waals surface area contributed by atoms with Crippen LogP contribution in [0.15, 0.2) is 12.5 Å². The van der Waals surface area contributed by atoms with E-state index in [2.05, 4.69) is 17.2 Å². The monoisotopic (exact) mass is 234 g/mol. The first-order valence-corrected chi connectivity index (χ1v) is 6.18. The molecule has 1 aromatic heterocycles. The standard InChI is InChI=1S/C12H18N4O/c1-8-3-9-4-13-5-10(9)16(8)12(17)11-6-14-7-15(11)2/h6-10,13H,3-5H2,1-2H3. The lowest BCUT2D eigenvalue weighted by molar-refractivity contribution is 0.0672. The van der Waals surface area contributed by atoms with Crippen molar-refractivity contribution >= 4 is 5.91 Å². The van der Waals surface area contributed by atoms with Gasteiger partial charge in [-0.1, -0.05) is 0 Å². The molecule has 0 radical (unpaired) electrons. The second-order valence-corrected chi connectivity index (χ2v) is 5.17. The number of carbonyl (C=O) groups excluding carboxylic acids is 1. The lowest BCUT2D eigenvalue weighted by atomic mass is 10.0. The first-order chi connectivity index (χ1) is 8.18. The maximum Gasteiger partial charge on any atom is 0.272 e. The summed E-state index contributed by atoms with van der Waals surface area (Å²) >= 11 is 0. The van der Waals surface area contributed by atoms with Gasteiger partial charge in [-0.3, -0.25) is 4.79 Å². The fourth-order valence-corrected chi connectivity index (χ4v) is 3.21. The number of carbonyl (C=O) groups is 1. The molecule has 2 aliphatic rings. The van der Waals surface area contributed by atoms with Gasteiger partial charge in [0.15, 0.2) is 0 Å². The van der Waals surface area contributed by atoms with Crippen LogP contribution in [0.1, 0.15) is 23.8 Å². The van der Waals surface area contributed by atoms with E-state index in [1.807, 2.05) is 11.9 Å². The van der Waals surface area contributed by atoms with E-state index in [0.717, 1.165) is 19.5 Å². The van der Waals surface area contributed by atoms with E-state index in [1.54, 1.807) is 17.1 Å². The summed E-state index contributed by atoms with van der Waals surface area (Å²) in [5, 5.41) is 3.37. The highest BCUT2D eigenvalue weighted by Crippen LogP contribution is 2.33. The van der Waals surface area contributed by atoms with E-state index in [9.17, 15) is 4.79 Å². The number of amides is 1. The minimum atomic E-state index is 0.119. The van der Waals surface area contributed by atoms with Crippen LogP contribution in [0, 0.1) is 5.92 Å². The number of aryl methyl sites for hydroxylation is 1. The molecule has 0 bridgehead atoms. The van der Waals surface area contributed by atoms with Crippen molar-refractivity contribution in [3.63, 3.8) is 0 Å².